The molecule has 1 amide bonds. The van der Waals surface area contributed by atoms with Crippen molar-refractivity contribution in [3.05, 3.63) is 30.1 Å². The van der Waals surface area contributed by atoms with E-state index in [1.807, 2.05) is 0 Å². The lowest BCUT2D eigenvalue weighted by Gasteiger charge is -2.21. The summed E-state index contributed by atoms with van der Waals surface area (Å²) >= 11 is 0. The van der Waals surface area contributed by atoms with Gasteiger partial charge in [-0.15, -0.1) is 24.8 Å². The van der Waals surface area contributed by atoms with Crippen LogP contribution in [0.3, 0.4) is 0 Å². The first kappa shape index (κ1) is 19.2. The Kier molecular flexibility index (Phi) is 10.4. The molecule has 2 rings (SSSR count). The largest absolute Gasteiger partial charge is 0.287 e. The molecule has 114 valence electrons. The average molecular weight is 320 g/mol. The molecule has 1 aromatic heterocycles. The maximum absolute atomic E-state index is 11.8. The monoisotopic (exact) mass is 319 g/mol. The smallest absolute Gasteiger partial charge is 0.265 e. The lowest BCUT2D eigenvalue weighted by Crippen LogP contribution is -2.44. The number of pyridine rings is 1. The van der Waals surface area contributed by atoms with Gasteiger partial charge in [0.2, 0.25) is 0 Å². The quantitative estimate of drug-likeness (QED) is 0.841. The van der Waals surface area contributed by atoms with E-state index < -0.39 is 0 Å². The molecule has 1 saturated carbocycles. The van der Waals surface area contributed by atoms with Crippen LogP contribution in [0.5, 0.6) is 0 Å². The second-order valence-corrected chi connectivity index (χ2v) is 4.88. The Morgan fingerprint density at radius 1 is 1.00 bits per heavy atom. The highest BCUT2D eigenvalue weighted by atomic mass is 35.5. The maximum atomic E-state index is 11.8. The van der Waals surface area contributed by atoms with Crippen LogP contribution in [0.15, 0.2) is 24.5 Å². The molecule has 0 bridgehead atoms. The SMILES string of the molecule is Cl.Cl.O=C(NNC1CCCCCCC1)c1ccncc1. The van der Waals surface area contributed by atoms with Gasteiger partial charge in [-0.05, 0) is 25.0 Å². The van der Waals surface area contributed by atoms with Crippen LogP contribution < -0.4 is 10.9 Å². The molecule has 20 heavy (non-hydrogen) atoms. The number of aromatic nitrogens is 1. The minimum atomic E-state index is -0.0838. The fourth-order valence-corrected chi connectivity index (χ4v) is 2.34. The predicted octanol–water partition coefficient (Wildman–Crippen LogP) is 3.27. The van der Waals surface area contributed by atoms with Crippen LogP contribution in [0.25, 0.3) is 0 Å². The summed E-state index contributed by atoms with van der Waals surface area (Å²) in [5.41, 5.74) is 6.61. The van der Waals surface area contributed by atoms with E-state index in [1.54, 1.807) is 24.5 Å². The molecule has 0 spiro atoms. The van der Waals surface area contributed by atoms with Crippen molar-refractivity contribution in [1.29, 1.82) is 0 Å². The Balaban J connectivity index is 0.00000180. The summed E-state index contributed by atoms with van der Waals surface area (Å²) in [7, 11) is 0. The zero-order valence-corrected chi connectivity index (χ0v) is 13.1. The Hall–Kier alpha value is -0.840. The van der Waals surface area contributed by atoms with Crippen LogP contribution in [0, 0.1) is 0 Å². The van der Waals surface area contributed by atoms with Gasteiger partial charge in [-0.2, -0.15) is 0 Å². The number of rotatable bonds is 3. The van der Waals surface area contributed by atoms with Crippen molar-refractivity contribution in [3.8, 4) is 0 Å². The second-order valence-electron chi connectivity index (χ2n) is 4.88. The van der Waals surface area contributed by atoms with Gasteiger partial charge in [-0.1, -0.05) is 32.1 Å². The highest BCUT2D eigenvalue weighted by Crippen LogP contribution is 2.16. The number of hydrazine groups is 1. The highest BCUT2D eigenvalue weighted by molar-refractivity contribution is 5.93. The van der Waals surface area contributed by atoms with E-state index in [-0.39, 0.29) is 30.7 Å². The van der Waals surface area contributed by atoms with Gasteiger partial charge in [0.25, 0.3) is 5.91 Å². The van der Waals surface area contributed by atoms with E-state index in [9.17, 15) is 4.79 Å². The van der Waals surface area contributed by atoms with Gasteiger partial charge in [0.15, 0.2) is 0 Å². The summed E-state index contributed by atoms with van der Waals surface area (Å²) in [6, 6.07) is 3.85. The number of hydrogen-bond donors (Lipinski definition) is 2. The zero-order chi connectivity index (χ0) is 12.6. The molecule has 1 aliphatic rings. The maximum Gasteiger partial charge on any atom is 0.265 e. The molecule has 1 fully saturated rings. The first-order chi connectivity index (χ1) is 8.86. The molecule has 4 nitrogen and oxygen atoms in total. The predicted molar refractivity (Wildman–Crippen MR) is 85.4 cm³/mol. The molecular weight excluding hydrogens is 297 g/mol. The average Bonchev–Trinajstić information content (AvgIpc) is 2.38. The molecular formula is C14H23Cl2N3O. The van der Waals surface area contributed by atoms with E-state index >= 15 is 0 Å². The summed E-state index contributed by atoms with van der Waals surface area (Å²) in [5, 5.41) is 0. The van der Waals surface area contributed by atoms with Crippen LogP contribution in [0.4, 0.5) is 0 Å². The first-order valence-electron chi connectivity index (χ1n) is 6.82. The van der Waals surface area contributed by atoms with Crippen LogP contribution in [-0.2, 0) is 0 Å². The third-order valence-electron chi connectivity index (χ3n) is 3.44. The van der Waals surface area contributed by atoms with Crippen molar-refractivity contribution in [1.82, 2.24) is 15.8 Å². The normalized spacial score (nSPS) is 16.0. The topological polar surface area (TPSA) is 54.0 Å². The van der Waals surface area contributed by atoms with Gasteiger partial charge < -0.3 is 0 Å². The summed E-state index contributed by atoms with van der Waals surface area (Å²) in [6.45, 7) is 0. The second kappa shape index (κ2) is 10.9. The summed E-state index contributed by atoms with van der Waals surface area (Å²) < 4.78 is 0. The van der Waals surface area contributed by atoms with E-state index in [2.05, 4.69) is 15.8 Å². The van der Waals surface area contributed by atoms with Crippen molar-refractivity contribution >= 4 is 30.7 Å². The molecule has 0 atom stereocenters. The molecule has 0 aromatic carbocycles. The minimum absolute atomic E-state index is 0. The Bertz CT molecular complexity index is 368. The highest BCUT2D eigenvalue weighted by Gasteiger charge is 2.12. The minimum Gasteiger partial charge on any atom is -0.287 e. The number of hydrogen-bond acceptors (Lipinski definition) is 3. The van der Waals surface area contributed by atoms with Crippen LogP contribution >= 0.6 is 24.8 Å². The first-order valence-corrected chi connectivity index (χ1v) is 6.82. The van der Waals surface area contributed by atoms with Crippen molar-refractivity contribution in [2.75, 3.05) is 0 Å². The summed E-state index contributed by atoms with van der Waals surface area (Å²) in [4.78, 5) is 15.7. The Labute approximate surface area is 132 Å². The molecule has 0 aliphatic heterocycles. The molecule has 1 heterocycles. The molecule has 1 aliphatic carbocycles. The summed E-state index contributed by atoms with van der Waals surface area (Å²) in [5.74, 6) is -0.0838. The molecule has 2 N–H and O–H groups in total. The summed E-state index contributed by atoms with van der Waals surface area (Å²) in [6.07, 6.45) is 12.1. The third-order valence-corrected chi connectivity index (χ3v) is 3.44. The van der Waals surface area contributed by atoms with Crippen LogP contribution in [-0.4, -0.2) is 16.9 Å². The van der Waals surface area contributed by atoms with E-state index in [1.165, 1.54) is 32.1 Å². The van der Waals surface area contributed by atoms with E-state index in [4.69, 9.17) is 0 Å². The van der Waals surface area contributed by atoms with Crippen molar-refractivity contribution in [3.63, 3.8) is 0 Å². The zero-order valence-electron chi connectivity index (χ0n) is 11.5. The standard InChI is InChI=1S/C14H21N3O.2ClH/c18-14(12-8-10-15-11-9-12)17-16-13-6-4-2-1-3-5-7-13;;/h8-11,13,16H,1-7H2,(H,17,18);2*1H. The van der Waals surface area contributed by atoms with Crippen molar-refractivity contribution in [2.45, 2.75) is 51.0 Å². The van der Waals surface area contributed by atoms with E-state index in [0.29, 0.717) is 11.6 Å². The molecule has 0 radical (unpaired) electrons. The molecule has 0 unspecified atom stereocenters. The van der Waals surface area contributed by atoms with Crippen LogP contribution in [0.1, 0.15) is 55.3 Å². The number of nitrogens with zero attached hydrogens (tertiary/aromatic N) is 1. The number of halogens is 2. The Morgan fingerprint density at radius 2 is 1.55 bits per heavy atom. The third kappa shape index (κ3) is 6.55. The number of carbonyl (C=O) groups excluding carboxylic acids is 1. The van der Waals surface area contributed by atoms with Gasteiger partial charge in [0.05, 0.1) is 0 Å². The molecule has 1 aromatic rings. The van der Waals surface area contributed by atoms with Crippen molar-refractivity contribution in [2.24, 2.45) is 0 Å². The lowest BCUT2D eigenvalue weighted by molar-refractivity contribution is 0.0921. The van der Waals surface area contributed by atoms with Gasteiger partial charge in [0, 0.05) is 24.0 Å². The van der Waals surface area contributed by atoms with Gasteiger partial charge in [-0.3, -0.25) is 15.2 Å². The fraction of sp³-hybridized carbons (Fsp3) is 0.571. The number of amides is 1. The van der Waals surface area contributed by atoms with Gasteiger partial charge in [0.1, 0.15) is 0 Å². The van der Waals surface area contributed by atoms with E-state index in [0.717, 1.165) is 12.8 Å². The fourth-order valence-electron chi connectivity index (χ4n) is 2.34. The van der Waals surface area contributed by atoms with Crippen LogP contribution in [0.2, 0.25) is 0 Å². The number of nitrogens with one attached hydrogen (secondary N) is 2. The molecule has 0 saturated heterocycles. The van der Waals surface area contributed by atoms with Crippen molar-refractivity contribution < 1.29 is 4.79 Å². The Morgan fingerprint density at radius 3 is 2.15 bits per heavy atom. The number of carbonyl (C=O) groups is 1. The van der Waals surface area contributed by atoms with Gasteiger partial charge >= 0.3 is 0 Å². The van der Waals surface area contributed by atoms with Gasteiger partial charge in [-0.25, -0.2) is 5.43 Å². The lowest BCUT2D eigenvalue weighted by atomic mass is 9.97. The molecule has 6 heteroatoms.